The highest BCUT2D eigenvalue weighted by atomic mass is 32.1. The predicted octanol–water partition coefficient (Wildman–Crippen LogP) is 5.03. The molecule has 4 aromatic rings. The lowest BCUT2D eigenvalue weighted by Gasteiger charge is -2.10. The Morgan fingerprint density at radius 1 is 1.15 bits per heavy atom. The summed E-state index contributed by atoms with van der Waals surface area (Å²) < 4.78 is 12.8. The molecule has 0 radical (unpaired) electrons. The van der Waals surface area contributed by atoms with E-state index in [1.807, 2.05) is 24.3 Å². The van der Waals surface area contributed by atoms with Crippen molar-refractivity contribution in [1.29, 1.82) is 0 Å². The Balaban J connectivity index is 2.03. The van der Waals surface area contributed by atoms with E-state index in [9.17, 15) is 9.59 Å². The molecule has 0 aliphatic carbocycles. The number of anilines is 1. The summed E-state index contributed by atoms with van der Waals surface area (Å²) in [5.74, 6) is 0.644. The SMILES string of the molecule is CCC(=O)Nc1oc2c(sc3ccccc32)c(=O)c1-c1ccc(OC)cc1. The Bertz CT molecular complexity index is 1200. The quantitative estimate of drug-likeness (QED) is 0.540. The zero-order valence-electron chi connectivity index (χ0n) is 14.9. The van der Waals surface area contributed by atoms with Gasteiger partial charge < -0.3 is 9.15 Å². The number of amides is 1. The van der Waals surface area contributed by atoms with Gasteiger partial charge in [0, 0.05) is 16.5 Å². The number of rotatable bonds is 4. The van der Waals surface area contributed by atoms with Crippen LogP contribution in [0.1, 0.15) is 13.3 Å². The van der Waals surface area contributed by atoms with Crippen LogP contribution in [0, 0.1) is 0 Å². The average Bonchev–Trinajstić information content (AvgIpc) is 3.07. The minimum Gasteiger partial charge on any atom is -0.497 e. The second kappa shape index (κ2) is 6.89. The van der Waals surface area contributed by atoms with Crippen molar-refractivity contribution >= 4 is 43.5 Å². The number of benzene rings is 2. The molecule has 2 aromatic carbocycles. The summed E-state index contributed by atoms with van der Waals surface area (Å²) in [4.78, 5) is 25.3. The standard InChI is InChI=1S/C21H17NO4S/c1-3-16(23)22-21-17(12-8-10-13(25-2)11-9-12)18(24)20-19(26-21)14-6-4-5-7-15(14)27-20/h4-11H,3H2,1-2H3,(H,22,23). The van der Waals surface area contributed by atoms with Crippen LogP contribution in [0.4, 0.5) is 5.88 Å². The minimum absolute atomic E-state index is 0.158. The molecular formula is C21H17NO4S. The number of nitrogens with one attached hydrogen (secondary N) is 1. The summed E-state index contributed by atoms with van der Waals surface area (Å²) in [5, 5.41) is 3.61. The topological polar surface area (TPSA) is 68.5 Å². The van der Waals surface area contributed by atoms with Gasteiger partial charge in [0.1, 0.15) is 10.4 Å². The van der Waals surface area contributed by atoms with E-state index in [4.69, 9.17) is 9.15 Å². The van der Waals surface area contributed by atoms with Crippen molar-refractivity contribution in [2.75, 3.05) is 12.4 Å². The predicted molar refractivity (Wildman–Crippen MR) is 109 cm³/mol. The summed E-state index contributed by atoms with van der Waals surface area (Å²) in [7, 11) is 1.58. The van der Waals surface area contributed by atoms with Crippen LogP contribution in [0.15, 0.2) is 57.7 Å². The van der Waals surface area contributed by atoms with E-state index in [-0.39, 0.29) is 23.6 Å². The average molecular weight is 379 g/mol. The number of methoxy groups -OCH3 is 1. The lowest BCUT2D eigenvalue weighted by atomic mass is 10.1. The number of thiophene rings is 1. The van der Waals surface area contributed by atoms with E-state index in [2.05, 4.69) is 5.32 Å². The van der Waals surface area contributed by atoms with Crippen LogP contribution in [0.3, 0.4) is 0 Å². The van der Waals surface area contributed by atoms with Gasteiger partial charge in [-0.2, -0.15) is 0 Å². The van der Waals surface area contributed by atoms with Crippen LogP contribution < -0.4 is 15.5 Å². The smallest absolute Gasteiger partial charge is 0.226 e. The number of hydrogen-bond acceptors (Lipinski definition) is 5. The van der Waals surface area contributed by atoms with Crippen molar-refractivity contribution in [3.8, 4) is 16.9 Å². The molecule has 0 aliphatic rings. The zero-order chi connectivity index (χ0) is 19.0. The van der Waals surface area contributed by atoms with Gasteiger partial charge in [0.15, 0.2) is 5.58 Å². The van der Waals surface area contributed by atoms with Gasteiger partial charge >= 0.3 is 0 Å². The van der Waals surface area contributed by atoms with E-state index in [0.29, 0.717) is 27.2 Å². The van der Waals surface area contributed by atoms with Crippen LogP contribution in [-0.2, 0) is 4.79 Å². The molecule has 0 atom stereocenters. The molecule has 2 heterocycles. The Morgan fingerprint density at radius 2 is 1.89 bits per heavy atom. The molecule has 1 N–H and O–H groups in total. The number of carbonyl (C=O) groups excluding carboxylic acids is 1. The van der Waals surface area contributed by atoms with Crippen molar-refractivity contribution in [3.05, 3.63) is 58.8 Å². The largest absolute Gasteiger partial charge is 0.497 e. The zero-order valence-corrected chi connectivity index (χ0v) is 15.7. The van der Waals surface area contributed by atoms with Gasteiger partial charge in [0.2, 0.25) is 17.2 Å². The van der Waals surface area contributed by atoms with Gasteiger partial charge in [0.25, 0.3) is 0 Å². The Morgan fingerprint density at radius 3 is 2.59 bits per heavy atom. The van der Waals surface area contributed by atoms with Gasteiger partial charge in [-0.05, 0) is 29.8 Å². The molecule has 0 saturated carbocycles. The molecule has 27 heavy (non-hydrogen) atoms. The van der Waals surface area contributed by atoms with Gasteiger partial charge in [0.05, 0.1) is 12.7 Å². The molecule has 0 aliphatic heterocycles. The van der Waals surface area contributed by atoms with Gasteiger partial charge in [-0.3, -0.25) is 14.9 Å². The molecule has 136 valence electrons. The monoisotopic (exact) mass is 379 g/mol. The maximum Gasteiger partial charge on any atom is 0.226 e. The maximum absolute atomic E-state index is 13.3. The highest BCUT2D eigenvalue weighted by Crippen LogP contribution is 2.37. The van der Waals surface area contributed by atoms with Gasteiger partial charge in [-0.1, -0.05) is 31.2 Å². The Labute approximate surface area is 159 Å². The van der Waals surface area contributed by atoms with Crippen LogP contribution in [0.2, 0.25) is 0 Å². The molecule has 1 amide bonds. The fraction of sp³-hybridized carbons (Fsp3) is 0.143. The summed E-state index contributed by atoms with van der Waals surface area (Å²) in [6, 6.07) is 14.8. The van der Waals surface area contributed by atoms with Crippen LogP contribution in [0.5, 0.6) is 5.75 Å². The van der Waals surface area contributed by atoms with E-state index >= 15 is 0 Å². The van der Waals surface area contributed by atoms with E-state index in [1.165, 1.54) is 11.3 Å². The summed E-state index contributed by atoms with van der Waals surface area (Å²) in [5.41, 5.74) is 1.35. The van der Waals surface area contributed by atoms with Gasteiger partial charge in [-0.25, -0.2) is 0 Å². The van der Waals surface area contributed by atoms with Crippen molar-refractivity contribution in [1.82, 2.24) is 0 Å². The minimum atomic E-state index is -0.216. The first-order chi connectivity index (χ1) is 13.1. The molecule has 6 heteroatoms. The summed E-state index contributed by atoms with van der Waals surface area (Å²) in [6.45, 7) is 1.75. The van der Waals surface area contributed by atoms with Crippen molar-refractivity contribution in [3.63, 3.8) is 0 Å². The molecule has 4 rings (SSSR count). The fourth-order valence-electron chi connectivity index (χ4n) is 2.97. The second-order valence-electron chi connectivity index (χ2n) is 6.02. The first-order valence-corrected chi connectivity index (χ1v) is 9.36. The molecule has 5 nitrogen and oxygen atoms in total. The number of carbonyl (C=O) groups is 1. The van der Waals surface area contributed by atoms with E-state index in [0.717, 1.165) is 10.1 Å². The maximum atomic E-state index is 13.3. The summed E-state index contributed by atoms with van der Waals surface area (Å²) in [6.07, 6.45) is 0.286. The van der Waals surface area contributed by atoms with E-state index in [1.54, 1.807) is 38.3 Å². The Kier molecular flexibility index (Phi) is 4.41. The Hall–Kier alpha value is -3.12. The van der Waals surface area contributed by atoms with Crippen molar-refractivity contribution < 1.29 is 13.9 Å². The molecule has 0 spiro atoms. The van der Waals surface area contributed by atoms with Crippen LogP contribution in [-0.4, -0.2) is 13.0 Å². The number of fused-ring (bicyclic) bond motifs is 3. The lowest BCUT2D eigenvalue weighted by molar-refractivity contribution is -0.116. The van der Waals surface area contributed by atoms with Crippen LogP contribution >= 0.6 is 11.3 Å². The second-order valence-corrected chi connectivity index (χ2v) is 7.07. The van der Waals surface area contributed by atoms with E-state index < -0.39 is 0 Å². The van der Waals surface area contributed by atoms with Crippen LogP contribution in [0.25, 0.3) is 31.5 Å². The number of hydrogen-bond donors (Lipinski definition) is 1. The first kappa shape index (κ1) is 17.3. The fourth-order valence-corrected chi connectivity index (χ4v) is 4.04. The normalized spacial score (nSPS) is 11.0. The molecule has 0 bridgehead atoms. The summed E-state index contributed by atoms with van der Waals surface area (Å²) >= 11 is 1.39. The van der Waals surface area contributed by atoms with Crippen molar-refractivity contribution in [2.24, 2.45) is 0 Å². The molecule has 2 aromatic heterocycles. The molecule has 0 saturated heterocycles. The molecular weight excluding hydrogens is 362 g/mol. The third-order valence-corrected chi connectivity index (χ3v) is 5.52. The van der Waals surface area contributed by atoms with Crippen molar-refractivity contribution in [2.45, 2.75) is 13.3 Å². The highest BCUT2D eigenvalue weighted by molar-refractivity contribution is 7.25. The lowest BCUT2D eigenvalue weighted by Crippen LogP contribution is -2.14. The molecule has 0 fully saturated rings. The molecule has 0 unspecified atom stereocenters. The highest BCUT2D eigenvalue weighted by Gasteiger charge is 2.21. The number of ether oxygens (including phenoxy) is 1. The van der Waals surface area contributed by atoms with Gasteiger partial charge in [-0.15, -0.1) is 11.3 Å². The first-order valence-electron chi connectivity index (χ1n) is 8.55. The third kappa shape index (κ3) is 2.98. The third-order valence-electron chi connectivity index (χ3n) is 4.37.